The molecule has 0 spiro atoms. The minimum Gasteiger partial charge on any atom is -0.507 e. The van der Waals surface area contributed by atoms with E-state index in [9.17, 15) is 14.7 Å². The molecule has 1 amide bonds. The van der Waals surface area contributed by atoms with Crippen LogP contribution in [-0.4, -0.2) is 28.9 Å². The lowest BCUT2D eigenvalue weighted by molar-refractivity contribution is -0.132. The molecule has 1 atom stereocenters. The summed E-state index contributed by atoms with van der Waals surface area (Å²) >= 11 is 7.57. The molecule has 5 rings (SSSR count). The van der Waals surface area contributed by atoms with Gasteiger partial charge in [-0.3, -0.25) is 14.5 Å². The quantitative estimate of drug-likeness (QED) is 0.219. The van der Waals surface area contributed by atoms with Gasteiger partial charge in [-0.15, -0.1) is 0 Å². The summed E-state index contributed by atoms with van der Waals surface area (Å²) in [6.07, 6.45) is 0. The first-order valence-electron chi connectivity index (χ1n) is 10.5. The summed E-state index contributed by atoms with van der Waals surface area (Å²) in [5.41, 5.74) is 2.76. The van der Waals surface area contributed by atoms with E-state index in [2.05, 4.69) is 4.98 Å². The van der Waals surface area contributed by atoms with E-state index in [4.69, 9.17) is 16.3 Å². The maximum Gasteiger partial charge on any atom is 0.301 e. The summed E-state index contributed by atoms with van der Waals surface area (Å²) in [5, 5.41) is 12.0. The predicted octanol–water partition coefficient (Wildman–Crippen LogP) is 5.89. The summed E-state index contributed by atoms with van der Waals surface area (Å²) in [7, 11) is 1.54. The van der Waals surface area contributed by atoms with Gasteiger partial charge in [0.2, 0.25) is 0 Å². The number of benzene rings is 3. The number of Topliss-reactive ketones (excluding diaryl/α,β-unsaturated/α-hetero) is 1. The third kappa shape index (κ3) is 3.73. The number of aromatic nitrogens is 1. The molecule has 0 saturated carbocycles. The average Bonchev–Trinajstić information content (AvgIpc) is 3.36. The van der Waals surface area contributed by atoms with Crippen LogP contribution in [0.5, 0.6) is 5.75 Å². The zero-order valence-electron chi connectivity index (χ0n) is 18.3. The van der Waals surface area contributed by atoms with Gasteiger partial charge < -0.3 is 9.84 Å². The van der Waals surface area contributed by atoms with E-state index in [-0.39, 0.29) is 11.3 Å². The van der Waals surface area contributed by atoms with E-state index in [1.54, 1.807) is 55.6 Å². The van der Waals surface area contributed by atoms with Crippen molar-refractivity contribution in [3.8, 4) is 5.75 Å². The molecule has 170 valence electrons. The zero-order chi connectivity index (χ0) is 24.0. The molecule has 6 nitrogen and oxygen atoms in total. The molecular weight excluding hydrogens is 472 g/mol. The number of rotatable bonds is 4. The number of ketones is 1. The van der Waals surface area contributed by atoms with Crippen LogP contribution in [0.1, 0.15) is 22.7 Å². The summed E-state index contributed by atoms with van der Waals surface area (Å²) in [4.78, 5) is 32.6. The van der Waals surface area contributed by atoms with Gasteiger partial charge in [-0.05, 0) is 66.6 Å². The number of aryl methyl sites for hydroxylation is 1. The van der Waals surface area contributed by atoms with Crippen molar-refractivity contribution >= 4 is 55.7 Å². The Kier molecular flexibility index (Phi) is 5.59. The van der Waals surface area contributed by atoms with Crippen LogP contribution in [-0.2, 0) is 9.59 Å². The van der Waals surface area contributed by atoms with Crippen molar-refractivity contribution < 1.29 is 19.4 Å². The molecule has 2 heterocycles. The predicted molar refractivity (Wildman–Crippen MR) is 134 cm³/mol. The van der Waals surface area contributed by atoms with E-state index in [0.717, 1.165) is 15.8 Å². The molecule has 4 aromatic rings. The van der Waals surface area contributed by atoms with Gasteiger partial charge in [0, 0.05) is 10.6 Å². The monoisotopic (exact) mass is 490 g/mol. The molecule has 1 saturated heterocycles. The van der Waals surface area contributed by atoms with Gasteiger partial charge in [0.1, 0.15) is 11.5 Å². The number of hydrogen-bond donors (Lipinski definition) is 1. The molecule has 34 heavy (non-hydrogen) atoms. The number of aliphatic hydroxyl groups is 1. The Hall–Kier alpha value is -3.68. The number of amides is 1. The Labute approximate surface area is 204 Å². The third-order valence-corrected chi connectivity index (χ3v) is 6.96. The van der Waals surface area contributed by atoms with Crippen LogP contribution in [0, 0.1) is 6.92 Å². The van der Waals surface area contributed by atoms with Crippen molar-refractivity contribution in [3.05, 3.63) is 94.0 Å². The number of fused-ring (bicyclic) bond motifs is 1. The number of halogens is 1. The number of anilines is 1. The van der Waals surface area contributed by atoms with Crippen molar-refractivity contribution in [3.63, 3.8) is 0 Å². The van der Waals surface area contributed by atoms with Crippen LogP contribution in [0.4, 0.5) is 5.13 Å². The maximum absolute atomic E-state index is 13.3. The van der Waals surface area contributed by atoms with Gasteiger partial charge in [-0.1, -0.05) is 41.1 Å². The van der Waals surface area contributed by atoms with Gasteiger partial charge in [0.15, 0.2) is 5.13 Å². The second-order valence-corrected chi connectivity index (χ2v) is 9.37. The number of thiazole rings is 1. The summed E-state index contributed by atoms with van der Waals surface area (Å²) in [6.45, 7) is 1.98. The first-order valence-corrected chi connectivity index (χ1v) is 11.6. The number of hydrogen-bond acceptors (Lipinski definition) is 6. The van der Waals surface area contributed by atoms with Gasteiger partial charge in [-0.25, -0.2) is 4.98 Å². The molecule has 1 aromatic heterocycles. The first-order chi connectivity index (χ1) is 16.4. The summed E-state index contributed by atoms with van der Waals surface area (Å²) in [6, 6.07) is 18.5. The first kappa shape index (κ1) is 22.1. The SMILES string of the molecule is COc1ccc(C(O)=C2C(=O)C(=O)N(c3nc4ccc(C)cc4s3)C2c2cccc(Cl)c2)cc1. The van der Waals surface area contributed by atoms with Gasteiger partial charge in [0.25, 0.3) is 5.78 Å². The second-order valence-electron chi connectivity index (χ2n) is 7.92. The van der Waals surface area contributed by atoms with Crippen LogP contribution in [0.15, 0.2) is 72.3 Å². The van der Waals surface area contributed by atoms with Crippen molar-refractivity contribution in [2.75, 3.05) is 12.0 Å². The highest BCUT2D eigenvalue weighted by atomic mass is 35.5. The number of methoxy groups -OCH3 is 1. The van der Waals surface area contributed by atoms with Crippen molar-refractivity contribution in [1.82, 2.24) is 4.98 Å². The third-order valence-electron chi connectivity index (χ3n) is 5.71. The van der Waals surface area contributed by atoms with Crippen molar-refractivity contribution in [2.24, 2.45) is 0 Å². The van der Waals surface area contributed by atoms with Gasteiger partial charge in [-0.2, -0.15) is 0 Å². The number of nitrogens with zero attached hydrogens (tertiary/aromatic N) is 2. The topological polar surface area (TPSA) is 79.7 Å². The zero-order valence-corrected chi connectivity index (χ0v) is 19.9. The number of carbonyl (C=O) groups is 2. The minimum absolute atomic E-state index is 0.0205. The average molecular weight is 491 g/mol. The van der Waals surface area contributed by atoms with Crippen LogP contribution in [0.2, 0.25) is 5.02 Å². The van der Waals surface area contributed by atoms with E-state index < -0.39 is 17.7 Å². The molecule has 0 radical (unpaired) electrons. The molecule has 0 bridgehead atoms. The lowest BCUT2D eigenvalue weighted by atomic mass is 9.95. The fourth-order valence-electron chi connectivity index (χ4n) is 4.05. The Morgan fingerprint density at radius 3 is 2.56 bits per heavy atom. The highest BCUT2D eigenvalue weighted by molar-refractivity contribution is 7.22. The van der Waals surface area contributed by atoms with Crippen LogP contribution < -0.4 is 9.64 Å². The Bertz CT molecular complexity index is 1480. The van der Waals surface area contributed by atoms with Crippen LogP contribution in [0.25, 0.3) is 16.0 Å². The molecule has 3 aromatic carbocycles. The van der Waals surface area contributed by atoms with E-state index in [1.165, 1.54) is 16.2 Å². The van der Waals surface area contributed by atoms with Gasteiger partial charge in [0.05, 0.1) is 28.9 Å². The molecule has 8 heteroatoms. The minimum atomic E-state index is -0.887. The molecule has 1 unspecified atom stereocenters. The lowest BCUT2D eigenvalue weighted by Gasteiger charge is -2.23. The van der Waals surface area contributed by atoms with E-state index in [1.807, 2.05) is 25.1 Å². The normalized spacial score (nSPS) is 17.5. The fourth-order valence-corrected chi connectivity index (χ4v) is 5.34. The number of carbonyl (C=O) groups excluding carboxylic acids is 2. The summed E-state index contributed by atoms with van der Waals surface area (Å²) in [5.74, 6) is -1.21. The van der Waals surface area contributed by atoms with Crippen molar-refractivity contribution in [2.45, 2.75) is 13.0 Å². The second kappa shape index (κ2) is 8.59. The van der Waals surface area contributed by atoms with Crippen LogP contribution in [0.3, 0.4) is 0 Å². The largest absolute Gasteiger partial charge is 0.507 e. The molecule has 1 aliphatic heterocycles. The highest BCUT2D eigenvalue weighted by Gasteiger charge is 2.48. The Balaban J connectivity index is 1.72. The fraction of sp³-hybridized carbons (Fsp3) is 0.115. The maximum atomic E-state index is 13.3. The number of aliphatic hydroxyl groups excluding tert-OH is 1. The highest BCUT2D eigenvalue weighted by Crippen LogP contribution is 2.44. The van der Waals surface area contributed by atoms with Crippen LogP contribution >= 0.6 is 22.9 Å². The lowest BCUT2D eigenvalue weighted by Crippen LogP contribution is -2.29. The molecule has 1 aliphatic rings. The smallest absolute Gasteiger partial charge is 0.301 e. The van der Waals surface area contributed by atoms with E-state index >= 15 is 0 Å². The molecule has 1 N–H and O–H groups in total. The Morgan fingerprint density at radius 1 is 1.09 bits per heavy atom. The number of ether oxygens (including phenoxy) is 1. The van der Waals surface area contributed by atoms with Gasteiger partial charge >= 0.3 is 5.91 Å². The van der Waals surface area contributed by atoms with E-state index in [0.29, 0.717) is 27.0 Å². The summed E-state index contributed by atoms with van der Waals surface area (Å²) < 4.78 is 6.08. The Morgan fingerprint density at radius 2 is 1.85 bits per heavy atom. The van der Waals surface area contributed by atoms with Crippen molar-refractivity contribution in [1.29, 1.82) is 0 Å². The molecular formula is C26H19ClN2O4S. The molecule has 0 aliphatic carbocycles. The molecule has 1 fully saturated rings. The standard InChI is InChI=1S/C26H19ClN2O4S/c1-14-6-11-19-20(12-14)34-26(28-19)29-22(16-4-3-5-17(27)13-16)21(24(31)25(29)32)23(30)15-7-9-18(33-2)10-8-15/h3-13,22,30H,1-2H3.